The summed E-state index contributed by atoms with van der Waals surface area (Å²) in [6.45, 7) is 6.30. The Kier molecular flexibility index (Phi) is 6.32. The predicted octanol–water partition coefficient (Wildman–Crippen LogP) is 1.80. The fourth-order valence-electron chi connectivity index (χ4n) is 2.33. The van der Waals surface area contributed by atoms with Gasteiger partial charge < -0.3 is 15.2 Å². The zero-order valence-corrected chi connectivity index (χ0v) is 10.9. The molecule has 1 rings (SSSR count). The van der Waals surface area contributed by atoms with Gasteiger partial charge in [0.05, 0.1) is 12.7 Å². The monoisotopic (exact) mass is 229 g/mol. The topological polar surface area (TPSA) is 41.5 Å². The van der Waals surface area contributed by atoms with Crippen LogP contribution in [0.4, 0.5) is 0 Å². The van der Waals surface area contributed by atoms with E-state index in [1.165, 1.54) is 0 Å². The average Bonchev–Trinajstić information content (AvgIpc) is 2.26. The standard InChI is InChI=1S/C13H27NO2/c1-10(2)13(9-16-3)14-8-11-4-6-12(15)7-5-11/h10-15H,4-9H2,1-3H3. The summed E-state index contributed by atoms with van der Waals surface area (Å²) < 4.78 is 5.22. The maximum atomic E-state index is 9.44. The Morgan fingerprint density at radius 2 is 1.88 bits per heavy atom. The number of hydrogen-bond acceptors (Lipinski definition) is 3. The minimum Gasteiger partial charge on any atom is -0.393 e. The number of nitrogens with one attached hydrogen (secondary N) is 1. The molecule has 1 saturated carbocycles. The van der Waals surface area contributed by atoms with E-state index in [1.807, 2.05) is 0 Å². The minimum atomic E-state index is -0.0453. The summed E-state index contributed by atoms with van der Waals surface area (Å²) in [4.78, 5) is 0. The van der Waals surface area contributed by atoms with Crippen molar-refractivity contribution in [2.75, 3.05) is 20.3 Å². The summed E-state index contributed by atoms with van der Waals surface area (Å²) in [5, 5.41) is 13.0. The van der Waals surface area contributed by atoms with Crippen LogP contribution in [0.1, 0.15) is 39.5 Å². The highest BCUT2D eigenvalue weighted by atomic mass is 16.5. The van der Waals surface area contributed by atoms with Crippen molar-refractivity contribution >= 4 is 0 Å². The lowest BCUT2D eigenvalue weighted by molar-refractivity contribution is 0.102. The normalized spacial score (nSPS) is 28.3. The van der Waals surface area contributed by atoms with E-state index in [2.05, 4.69) is 19.2 Å². The number of aliphatic hydroxyl groups is 1. The van der Waals surface area contributed by atoms with E-state index in [4.69, 9.17) is 4.74 Å². The molecule has 0 amide bonds. The Hall–Kier alpha value is -0.120. The number of rotatable bonds is 6. The molecule has 1 fully saturated rings. The van der Waals surface area contributed by atoms with E-state index in [9.17, 15) is 5.11 Å². The van der Waals surface area contributed by atoms with Crippen LogP contribution < -0.4 is 5.32 Å². The molecule has 0 bridgehead atoms. The first-order chi connectivity index (χ1) is 7.63. The van der Waals surface area contributed by atoms with Crippen molar-refractivity contribution in [2.45, 2.75) is 51.7 Å². The van der Waals surface area contributed by atoms with E-state index < -0.39 is 0 Å². The molecule has 0 aromatic rings. The highest BCUT2D eigenvalue weighted by Crippen LogP contribution is 2.23. The van der Waals surface area contributed by atoms with Gasteiger partial charge in [-0.3, -0.25) is 0 Å². The third-order valence-corrected chi connectivity index (χ3v) is 3.64. The van der Waals surface area contributed by atoms with Crippen LogP contribution >= 0.6 is 0 Å². The van der Waals surface area contributed by atoms with E-state index in [0.717, 1.165) is 44.8 Å². The average molecular weight is 229 g/mol. The van der Waals surface area contributed by atoms with Crippen molar-refractivity contribution in [3.8, 4) is 0 Å². The second-order valence-corrected chi connectivity index (χ2v) is 5.39. The third kappa shape index (κ3) is 4.81. The van der Waals surface area contributed by atoms with E-state index in [1.54, 1.807) is 7.11 Å². The van der Waals surface area contributed by atoms with Crippen LogP contribution in [0.2, 0.25) is 0 Å². The molecule has 0 aromatic heterocycles. The Bertz CT molecular complexity index is 177. The van der Waals surface area contributed by atoms with Gasteiger partial charge in [-0.2, -0.15) is 0 Å². The molecule has 1 atom stereocenters. The van der Waals surface area contributed by atoms with Crippen molar-refractivity contribution in [1.29, 1.82) is 0 Å². The molecule has 1 aliphatic carbocycles. The van der Waals surface area contributed by atoms with Crippen molar-refractivity contribution in [3.63, 3.8) is 0 Å². The lowest BCUT2D eigenvalue weighted by atomic mass is 9.87. The van der Waals surface area contributed by atoms with Crippen molar-refractivity contribution in [2.24, 2.45) is 11.8 Å². The second kappa shape index (κ2) is 7.25. The fraction of sp³-hybridized carbons (Fsp3) is 1.00. The van der Waals surface area contributed by atoms with Gasteiger partial charge in [-0.1, -0.05) is 13.8 Å². The molecule has 0 saturated heterocycles. The molecule has 0 aliphatic heterocycles. The first kappa shape index (κ1) is 13.9. The Morgan fingerprint density at radius 3 is 2.38 bits per heavy atom. The summed E-state index contributed by atoms with van der Waals surface area (Å²) in [7, 11) is 1.76. The molecule has 1 aliphatic rings. The number of methoxy groups -OCH3 is 1. The molecular weight excluding hydrogens is 202 g/mol. The van der Waals surface area contributed by atoms with Gasteiger partial charge in [0.25, 0.3) is 0 Å². The zero-order chi connectivity index (χ0) is 12.0. The van der Waals surface area contributed by atoms with Gasteiger partial charge in [-0.25, -0.2) is 0 Å². The lowest BCUT2D eigenvalue weighted by Crippen LogP contribution is -2.41. The van der Waals surface area contributed by atoms with E-state index >= 15 is 0 Å². The molecule has 0 heterocycles. The molecule has 16 heavy (non-hydrogen) atoms. The minimum absolute atomic E-state index is 0.0453. The number of hydrogen-bond donors (Lipinski definition) is 2. The predicted molar refractivity (Wildman–Crippen MR) is 66.5 cm³/mol. The SMILES string of the molecule is COCC(NCC1CCC(O)CC1)C(C)C. The third-order valence-electron chi connectivity index (χ3n) is 3.64. The largest absolute Gasteiger partial charge is 0.393 e. The first-order valence-electron chi connectivity index (χ1n) is 6.53. The Labute approximate surface area is 99.6 Å². The molecule has 0 radical (unpaired) electrons. The molecule has 3 nitrogen and oxygen atoms in total. The van der Waals surface area contributed by atoms with E-state index in [0.29, 0.717) is 12.0 Å². The summed E-state index contributed by atoms with van der Waals surface area (Å²) in [6, 6.07) is 0.455. The van der Waals surface area contributed by atoms with Crippen molar-refractivity contribution < 1.29 is 9.84 Å². The number of ether oxygens (including phenoxy) is 1. The number of aliphatic hydroxyl groups excluding tert-OH is 1. The molecule has 1 unspecified atom stereocenters. The molecule has 3 heteroatoms. The van der Waals surface area contributed by atoms with Crippen LogP contribution in [0.15, 0.2) is 0 Å². The summed E-state index contributed by atoms with van der Waals surface area (Å²) in [5.74, 6) is 1.34. The van der Waals surface area contributed by atoms with Gasteiger partial charge in [0.1, 0.15) is 0 Å². The van der Waals surface area contributed by atoms with Crippen LogP contribution in [-0.2, 0) is 4.74 Å². The Balaban J connectivity index is 2.21. The van der Waals surface area contributed by atoms with Crippen LogP contribution in [0.3, 0.4) is 0 Å². The van der Waals surface area contributed by atoms with E-state index in [-0.39, 0.29) is 6.10 Å². The van der Waals surface area contributed by atoms with Gasteiger partial charge >= 0.3 is 0 Å². The summed E-state index contributed by atoms with van der Waals surface area (Å²) in [5.41, 5.74) is 0. The quantitative estimate of drug-likeness (QED) is 0.730. The first-order valence-corrected chi connectivity index (χ1v) is 6.53. The highest BCUT2D eigenvalue weighted by molar-refractivity contribution is 4.76. The fourth-order valence-corrected chi connectivity index (χ4v) is 2.33. The molecule has 96 valence electrons. The lowest BCUT2D eigenvalue weighted by Gasteiger charge is -2.29. The van der Waals surface area contributed by atoms with Crippen molar-refractivity contribution in [1.82, 2.24) is 5.32 Å². The zero-order valence-electron chi connectivity index (χ0n) is 10.9. The van der Waals surface area contributed by atoms with Gasteiger partial charge in [0.2, 0.25) is 0 Å². The maximum Gasteiger partial charge on any atom is 0.0618 e. The van der Waals surface area contributed by atoms with Crippen LogP contribution in [0.5, 0.6) is 0 Å². The second-order valence-electron chi connectivity index (χ2n) is 5.39. The van der Waals surface area contributed by atoms with Gasteiger partial charge in [-0.05, 0) is 44.1 Å². The maximum absolute atomic E-state index is 9.44. The van der Waals surface area contributed by atoms with Gasteiger partial charge in [0.15, 0.2) is 0 Å². The van der Waals surface area contributed by atoms with Crippen molar-refractivity contribution in [3.05, 3.63) is 0 Å². The molecule has 2 N–H and O–H groups in total. The highest BCUT2D eigenvalue weighted by Gasteiger charge is 2.21. The molecular formula is C13H27NO2. The molecule has 0 spiro atoms. The Morgan fingerprint density at radius 1 is 1.25 bits per heavy atom. The van der Waals surface area contributed by atoms with Crippen LogP contribution in [0, 0.1) is 11.8 Å². The van der Waals surface area contributed by atoms with Crippen LogP contribution in [0.25, 0.3) is 0 Å². The summed E-state index contributed by atoms with van der Waals surface area (Å²) >= 11 is 0. The van der Waals surface area contributed by atoms with Gasteiger partial charge in [0, 0.05) is 13.2 Å². The molecule has 0 aromatic carbocycles. The summed E-state index contributed by atoms with van der Waals surface area (Å²) in [6.07, 6.45) is 4.22. The van der Waals surface area contributed by atoms with Crippen LogP contribution in [-0.4, -0.2) is 37.5 Å². The van der Waals surface area contributed by atoms with Gasteiger partial charge in [-0.15, -0.1) is 0 Å². The smallest absolute Gasteiger partial charge is 0.0618 e.